The lowest BCUT2D eigenvalue weighted by Gasteiger charge is -2.42. The van der Waals surface area contributed by atoms with Gasteiger partial charge in [-0.15, -0.1) is 0 Å². The number of aromatic nitrogens is 2. The molecule has 2 aliphatic carbocycles. The Morgan fingerprint density at radius 2 is 1.88 bits per heavy atom. The molecule has 1 amide bonds. The maximum Gasteiger partial charge on any atom is 0.408 e. The number of amides is 1. The highest BCUT2D eigenvalue weighted by Crippen LogP contribution is 2.56. The Kier molecular flexibility index (Phi) is 6.49. The lowest BCUT2D eigenvalue weighted by Crippen LogP contribution is -2.43. The van der Waals surface area contributed by atoms with Crippen LogP contribution in [0, 0.1) is 5.41 Å². The number of halogens is 1. The fourth-order valence-electron chi connectivity index (χ4n) is 5.30. The lowest BCUT2D eigenvalue weighted by atomic mass is 9.66. The first-order valence-electron chi connectivity index (χ1n) is 11.3. The normalized spacial score (nSPS) is 24.3. The Labute approximate surface area is 202 Å². The van der Waals surface area contributed by atoms with E-state index in [2.05, 4.69) is 43.3 Å². The molecular weight excluding hydrogens is 486 g/mol. The molecule has 1 fully saturated rings. The van der Waals surface area contributed by atoms with E-state index >= 15 is 0 Å². The first-order chi connectivity index (χ1) is 15.6. The zero-order valence-electron chi connectivity index (χ0n) is 19.5. The van der Waals surface area contributed by atoms with E-state index in [1.165, 1.54) is 18.2 Å². The number of carbonyl (C=O) groups excluding carboxylic acids is 2. The smallest absolute Gasteiger partial charge is 0.408 e. The van der Waals surface area contributed by atoms with Gasteiger partial charge in [0, 0.05) is 5.92 Å². The summed E-state index contributed by atoms with van der Waals surface area (Å²) in [5.74, 6) is -0.368. The van der Waals surface area contributed by atoms with E-state index in [1.54, 1.807) is 6.20 Å². The van der Waals surface area contributed by atoms with Crippen LogP contribution in [0.2, 0.25) is 0 Å². The van der Waals surface area contributed by atoms with Crippen molar-refractivity contribution in [2.45, 2.75) is 70.4 Å². The maximum absolute atomic E-state index is 12.7. The molecule has 0 unspecified atom stereocenters. The number of nitrogens with zero attached hydrogens (tertiary/aromatic N) is 2. The second-order valence-corrected chi connectivity index (χ2v) is 10.8. The number of hydrogen-bond acceptors (Lipinski definition) is 6. The van der Waals surface area contributed by atoms with E-state index in [9.17, 15) is 9.59 Å². The van der Waals surface area contributed by atoms with Gasteiger partial charge < -0.3 is 14.8 Å². The third-order valence-electron chi connectivity index (χ3n) is 6.70. The van der Waals surface area contributed by atoms with E-state index in [1.807, 2.05) is 32.9 Å². The van der Waals surface area contributed by atoms with Gasteiger partial charge in [-0.25, -0.2) is 14.6 Å². The molecule has 2 aromatic rings. The second-order valence-electron chi connectivity index (χ2n) is 10.0. The number of alkyl carbamates (subject to hydrolysis) is 1. The minimum absolute atomic E-state index is 0.0920. The Hall–Kier alpha value is -2.48. The topological polar surface area (TPSA) is 90.4 Å². The summed E-state index contributed by atoms with van der Waals surface area (Å²) in [6.07, 6.45) is 5.63. The minimum atomic E-state index is -0.558. The fourth-order valence-corrected chi connectivity index (χ4v) is 5.58. The van der Waals surface area contributed by atoms with Crippen molar-refractivity contribution >= 4 is 28.0 Å². The van der Waals surface area contributed by atoms with Crippen LogP contribution in [0.4, 0.5) is 4.79 Å². The third kappa shape index (κ3) is 4.90. The number of nitrogens with one attached hydrogen (secondary N) is 1. The van der Waals surface area contributed by atoms with Crippen LogP contribution in [0.3, 0.4) is 0 Å². The van der Waals surface area contributed by atoms with Crippen LogP contribution in [0.15, 0.2) is 35.1 Å². The number of fused-ring (bicyclic) bond motifs is 1. The molecule has 1 atom stereocenters. The van der Waals surface area contributed by atoms with Crippen LogP contribution in [0.1, 0.15) is 85.7 Å². The van der Waals surface area contributed by atoms with Gasteiger partial charge in [-0.05, 0) is 85.3 Å². The summed E-state index contributed by atoms with van der Waals surface area (Å²) in [4.78, 5) is 33.9. The molecule has 1 heterocycles. The molecule has 4 rings (SSSR count). The van der Waals surface area contributed by atoms with Crippen LogP contribution in [0.25, 0.3) is 0 Å². The van der Waals surface area contributed by atoms with Crippen molar-refractivity contribution in [3.8, 4) is 0 Å². The van der Waals surface area contributed by atoms with Gasteiger partial charge in [0.25, 0.3) is 0 Å². The first kappa shape index (κ1) is 23.7. The van der Waals surface area contributed by atoms with E-state index in [0.717, 1.165) is 32.1 Å². The third-order valence-corrected chi connectivity index (χ3v) is 7.08. The quantitative estimate of drug-likeness (QED) is 0.543. The highest BCUT2D eigenvalue weighted by Gasteiger charge is 2.49. The molecule has 1 saturated carbocycles. The lowest BCUT2D eigenvalue weighted by molar-refractivity contribution is 0.0404. The molecule has 1 spiro atoms. The summed E-state index contributed by atoms with van der Waals surface area (Å²) >= 11 is 3.30. The predicted octanol–water partition coefficient (Wildman–Crippen LogP) is 5.49. The Balaban J connectivity index is 1.57. The van der Waals surface area contributed by atoms with E-state index in [0.29, 0.717) is 10.3 Å². The van der Waals surface area contributed by atoms with E-state index < -0.39 is 17.7 Å². The number of methoxy groups -OCH3 is 1. The van der Waals surface area contributed by atoms with Gasteiger partial charge in [-0.2, -0.15) is 0 Å². The SMILES string of the molecule is COC(=O)c1nc(Br)cnc1C1CCC2(CC1)Cc1ccccc1[C@H]2NC(=O)OC(C)(C)C. The zero-order chi connectivity index (χ0) is 23.8. The van der Waals surface area contributed by atoms with Gasteiger partial charge in [0.2, 0.25) is 0 Å². The molecule has 33 heavy (non-hydrogen) atoms. The summed E-state index contributed by atoms with van der Waals surface area (Å²) in [5.41, 5.74) is 2.75. The molecule has 1 aromatic heterocycles. The highest BCUT2D eigenvalue weighted by molar-refractivity contribution is 9.10. The van der Waals surface area contributed by atoms with Crippen molar-refractivity contribution in [2.24, 2.45) is 5.41 Å². The van der Waals surface area contributed by atoms with Crippen LogP contribution in [-0.2, 0) is 15.9 Å². The summed E-state index contributed by atoms with van der Waals surface area (Å²) < 4.78 is 11.0. The van der Waals surface area contributed by atoms with Crippen LogP contribution < -0.4 is 5.32 Å². The number of carbonyl (C=O) groups is 2. The summed E-state index contributed by atoms with van der Waals surface area (Å²) in [6.45, 7) is 5.61. The Morgan fingerprint density at radius 3 is 2.55 bits per heavy atom. The first-order valence-corrected chi connectivity index (χ1v) is 12.1. The molecule has 0 aliphatic heterocycles. The predicted molar refractivity (Wildman–Crippen MR) is 127 cm³/mol. The van der Waals surface area contributed by atoms with Gasteiger partial charge in [0.1, 0.15) is 10.2 Å². The van der Waals surface area contributed by atoms with Gasteiger partial charge >= 0.3 is 12.1 Å². The van der Waals surface area contributed by atoms with Crippen LogP contribution >= 0.6 is 15.9 Å². The van der Waals surface area contributed by atoms with Gasteiger partial charge in [-0.1, -0.05) is 24.3 Å². The molecule has 0 saturated heterocycles. The van der Waals surface area contributed by atoms with E-state index in [-0.39, 0.29) is 23.1 Å². The van der Waals surface area contributed by atoms with Crippen molar-refractivity contribution in [3.05, 3.63) is 57.6 Å². The average Bonchev–Trinajstić information content (AvgIpc) is 3.05. The molecule has 176 valence electrons. The fraction of sp³-hybridized carbons (Fsp3) is 0.520. The minimum Gasteiger partial charge on any atom is -0.464 e. The van der Waals surface area contributed by atoms with Gasteiger partial charge in [-0.3, -0.25) is 4.98 Å². The van der Waals surface area contributed by atoms with Gasteiger partial charge in [0.05, 0.1) is 25.0 Å². The summed E-state index contributed by atoms with van der Waals surface area (Å²) in [7, 11) is 1.35. The molecule has 7 nitrogen and oxygen atoms in total. The van der Waals surface area contributed by atoms with Crippen molar-refractivity contribution in [2.75, 3.05) is 7.11 Å². The highest BCUT2D eigenvalue weighted by atomic mass is 79.9. The monoisotopic (exact) mass is 515 g/mol. The van der Waals surface area contributed by atoms with Crippen LogP contribution in [-0.4, -0.2) is 34.7 Å². The molecule has 1 N–H and O–H groups in total. The number of rotatable bonds is 3. The van der Waals surface area contributed by atoms with Crippen LogP contribution in [0.5, 0.6) is 0 Å². The summed E-state index contributed by atoms with van der Waals surface area (Å²) in [5, 5.41) is 3.18. The molecular formula is C25H30BrN3O4. The van der Waals surface area contributed by atoms with E-state index in [4.69, 9.17) is 9.47 Å². The number of ether oxygens (including phenoxy) is 2. The second kappa shape index (κ2) is 9.05. The molecule has 8 heteroatoms. The van der Waals surface area contributed by atoms with Crippen molar-refractivity contribution in [1.29, 1.82) is 0 Å². The number of esters is 1. The van der Waals surface area contributed by atoms with Crippen molar-refractivity contribution in [3.63, 3.8) is 0 Å². The average molecular weight is 516 g/mol. The van der Waals surface area contributed by atoms with Gasteiger partial charge in [0.15, 0.2) is 5.69 Å². The molecule has 2 aliphatic rings. The molecule has 1 aromatic carbocycles. The summed E-state index contributed by atoms with van der Waals surface area (Å²) in [6, 6.07) is 8.21. The Bertz CT molecular complexity index is 1060. The number of hydrogen-bond donors (Lipinski definition) is 1. The van der Waals surface area contributed by atoms with Crippen molar-refractivity contribution < 1.29 is 19.1 Å². The zero-order valence-corrected chi connectivity index (χ0v) is 21.1. The number of benzene rings is 1. The standard InChI is InChI=1S/C25H30BrN3O4/c1-24(2,3)33-23(31)29-21-17-8-6-5-7-16(17)13-25(21)11-9-15(10-12-25)19-20(22(30)32-4)28-18(26)14-27-19/h5-8,14-15,21H,9-13H2,1-4H3,(H,29,31)/t15?,21-,25?/m1/s1. The molecule has 0 radical (unpaired) electrons. The molecule has 0 bridgehead atoms. The Morgan fingerprint density at radius 1 is 1.18 bits per heavy atom. The largest absolute Gasteiger partial charge is 0.464 e. The van der Waals surface area contributed by atoms with Crippen molar-refractivity contribution in [1.82, 2.24) is 15.3 Å². The maximum atomic E-state index is 12.7.